The maximum absolute atomic E-state index is 13.4. The van der Waals surface area contributed by atoms with Crippen molar-refractivity contribution in [1.82, 2.24) is 10.2 Å². The number of carbonyl (C=O) groups is 1. The predicted octanol–water partition coefficient (Wildman–Crippen LogP) is 4.21. The third-order valence-corrected chi connectivity index (χ3v) is 8.76. The van der Waals surface area contributed by atoms with Gasteiger partial charge in [-0.15, -0.1) is 0 Å². The van der Waals surface area contributed by atoms with Crippen molar-refractivity contribution in [1.29, 1.82) is 0 Å². The Kier molecular flexibility index (Phi) is 9.14. The van der Waals surface area contributed by atoms with E-state index in [4.69, 9.17) is 0 Å². The zero-order valence-electron chi connectivity index (χ0n) is 21.7. The summed E-state index contributed by atoms with van der Waals surface area (Å²) in [5.41, 5.74) is 5.24. The summed E-state index contributed by atoms with van der Waals surface area (Å²) in [7, 11) is -3.24. The van der Waals surface area contributed by atoms with Crippen LogP contribution in [0.2, 0.25) is 0 Å². The molecular formula is C30H37N3O3S. The molecule has 0 saturated carbocycles. The fourth-order valence-corrected chi connectivity index (χ4v) is 7.09. The van der Waals surface area contributed by atoms with Gasteiger partial charge < -0.3 is 10.6 Å². The average Bonchev–Trinajstić information content (AvgIpc) is 3.22. The van der Waals surface area contributed by atoms with Gasteiger partial charge in [-0.3, -0.25) is 9.69 Å². The molecule has 4 rings (SSSR count). The number of aryl methyl sites for hydroxylation is 2. The number of hydrogen-bond acceptors (Lipinski definition) is 5. The van der Waals surface area contributed by atoms with Gasteiger partial charge in [0.05, 0.1) is 18.1 Å². The molecule has 0 bridgehead atoms. The number of anilines is 1. The maximum Gasteiger partial charge on any atom is 0.238 e. The maximum atomic E-state index is 13.4. The highest BCUT2D eigenvalue weighted by molar-refractivity contribution is 7.91. The topological polar surface area (TPSA) is 78.5 Å². The van der Waals surface area contributed by atoms with Crippen molar-refractivity contribution < 1.29 is 13.2 Å². The van der Waals surface area contributed by atoms with Gasteiger partial charge in [-0.25, -0.2) is 8.42 Å². The average molecular weight is 520 g/mol. The standard InChI is InChI=1S/C30H37N3O3S/c1-3-25-16-11-17-26(4-2)30(25)32-29(34)20-33(19-24-14-9-6-10-15-24)28-22-37(35,36)21-27(28)31-18-23-12-7-5-8-13-23/h5-17,27-28,31H,3-4,18-22H2,1-2H3,(H,32,34). The van der Waals surface area contributed by atoms with E-state index in [1.165, 1.54) is 0 Å². The molecule has 1 amide bonds. The Bertz CT molecular complexity index is 1260. The third-order valence-electron chi connectivity index (χ3n) is 7.04. The van der Waals surface area contributed by atoms with Crippen molar-refractivity contribution >= 4 is 21.4 Å². The van der Waals surface area contributed by atoms with Gasteiger partial charge in [0.15, 0.2) is 9.84 Å². The minimum Gasteiger partial charge on any atom is -0.324 e. The van der Waals surface area contributed by atoms with Gasteiger partial charge in [-0.1, -0.05) is 92.7 Å². The van der Waals surface area contributed by atoms with E-state index in [1.54, 1.807) is 0 Å². The van der Waals surface area contributed by atoms with Crippen LogP contribution < -0.4 is 10.6 Å². The summed E-state index contributed by atoms with van der Waals surface area (Å²) in [6.07, 6.45) is 1.65. The molecule has 0 radical (unpaired) electrons. The molecule has 6 nitrogen and oxygen atoms in total. The molecule has 2 unspecified atom stereocenters. The van der Waals surface area contributed by atoms with E-state index in [-0.39, 0.29) is 36.0 Å². The molecule has 1 saturated heterocycles. The molecule has 0 aliphatic carbocycles. The molecule has 0 aromatic heterocycles. The normalized spacial score (nSPS) is 18.7. The fourth-order valence-electron chi connectivity index (χ4n) is 5.10. The molecule has 1 fully saturated rings. The second-order valence-electron chi connectivity index (χ2n) is 9.71. The van der Waals surface area contributed by atoms with E-state index in [0.29, 0.717) is 13.1 Å². The van der Waals surface area contributed by atoms with Crippen LogP contribution >= 0.6 is 0 Å². The molecule has 2 N–H and O–H groups in total. The lowest BCUT2D eigenvalue weighted by atomic mass is 10.0. The number of carbonyl (C=O) groups excluding carboxylic acids is 1. The molecule has 3 aromatic carbocycles. The van der Waals surface area contributed by atoms with E-state index in [2.05, 4.69) is 24.5 Å². The van der Waals surface area contributed by atoms with E-state index in [1.807, 2.05) is 83.8 Å². The molecule has 1 aliphatic rings. The number of rotatable bonds is 11. The monoisotopic (exact) mass is 519 g/mol. The smallest absolute Gasteiger partial charge is 0.238 e. The second-order valence-corrected chi connectivity index (χ2v) is 11.9. The van der Waals surface area contributed by atoms with Crippen LogP contribution in [0.25, 0.3) is 0 Å². The highest BCUT2D eigenvalue weighted by atomic mass is 32.2. The summed E-state index contributed by atoms with van der Waals surface area (Å²) in [4.78, 5) is 15.5. The zero-order valence-corrected chi connectivity index (χ0v) is 22.5. The highest BCUT2D eigenvalue weighted by Crippen LogP contribution is 2.24. The van der Waals surface area contributed by atoms with Crippen LogP contribution in [0.15, 0.2) is 78.9 Å². The number of amides is 1. The lowest BCUT2D eigenvalue weighted by Crippen LogP contribution is -2.51. The van der Waals surface area contributed by atoms with Crippen LogP contribution in [0.4, 0.5) is 5.69 Å². The van der Waals surface area contributed by atoms with Crippen molar-refractivity contribution in [3.8, 4) is 0 Å². The number of hydrogen-bond donors (Lipinski definition) is 2. The highest BCUT2D eigenvalue weighted by Gasteiger charge is 2.41. The number of nitrogens with one attached hydrogen (secondary N) is 2. The summed E-state index contributed by atoms with van der Waals surface area (Å²) in [6.45, 7) is 5.34. The number of sulfone groups is 1. The second kappa shape index (κ2) is 12.5. The Morgan fingerprint density at radius 2 is 1.43 bits per heavy atom. The lowest BCUT2D eigenvalue weighted by molar-refractivity contribution is -0.118. The number of benzene rings is 3. The van der Waals surface area contributed by atoms with Crippen LogP contribution in [0.3, 0.4) is 0 Å². The van der Waals surface area contributed by atoms with Crippen LogP contribution in [-0.2, 0) is 40.6 Å². The fraction of sp³-hybridized carbons (Fsp3) is 0.367. The van der Waals surface area contributed by atoms with Crippen molar-refractivity contribution in [2.75, 3.05) is 23.4 Å². The first kappa shape index (κ1) is 27.0. The first-order chi connectivity index (χ1) is 17.9. The van der Waals surface area contributed by atoms with E-state index in [9.17, 15) is 13.2 Å². The van der Waals surface area contributed by atoms with Gasteiger partial charge in [0.2, 0.25) is 5.91 Å². The molecule has 196 valence electrons. The van der Waals surface area contributed by atoms with Gasteiger partial charge in [0, 0.05) is 30.9 Å². The third kappa shape index (κ3) is 7.28. The van der Waals surface area contributed by atoms with Crippen molar-refractivity contribution in [3.63, 3.8) is 0 Å². The van der Waals surface area contributed by atoms with Crippen molar-refractivity contribution in [2.45, 2.75) is 51.9 Å². The number of para-hydroxylation sites is 1. The van der Waals surface area contributed by atoms with Crippen molar-refractivity contribution in [3.05, 3.63) is 101 Å². The zero-order chi connectivity index (χ0) is 26.3. The summed E-state index contributed by atoms with van der Waals surface area (Å²) in [6, 6.07) is 25.4. The molecule has 7 heteroatoms. The summed E-state index contributed by atoms with van der Waals surface area (Å²) >= 11 is 0. The molecule has 1 aliphatic heterocycles. The Morgan fingerprint density at radius 3 is 2.03 bits per heavy atom. The molecule has 1 heterocycles. The lowest BCUT2D eigenvalue weighted by Gasteiger charge is -2.32. The van der Waals surface area contributed by atoms with E-state index in [0.717, 1.165) is 40.8 Å². The van der Waals surface area contributed by atoms with Gasteiger partial charge in [-0.05, 0) is 35.1 Å². The molecule has 0 spiro atoms. The summed E-state index contributed by atoms with van der Waals surface area (Å²) < 4.78 is 25.6. The van der Waals surface area contributed by atoms with Crippen molar-refractivity contribution in [2.24, 2.45) is 0 Å². The van der Waals surface area contributed by atoms with E-state index >= 15 is 0 Å². The minimum atomic E-state index is -3.24. The van der Waals surface area contributed by atoms with Gasteiger partial charge in [0.1, 0.15) is 0 Å². The SMILES string of the molecule is CCc1cccc(CC)c1NC(=O)CN(Cc1ccccc1)C1CS(=O)(=O)CC1NCc1ccccc1. The Hall–Kier alpha value is -3.00. The van der Waals surface area contributed by atoms with Crippen LogP contribution in [0.5, 0.6) is 0 Å². The van der Waals surface area contributed by atoms with Gasteiger partial charge in [0.25, 0.3) is 0 Å². The Balaban J connectivity index is 1.57. The Labute approximate surface area is 221 Å². The van der Waals surface area contributed by atoms with Gasteiger partial charge >= 0.3 is 0 Å². The van der Waals surface area contributed by atoms with Crippen LogP contribution in [-0.4, -0.2) is 49.4 Å². The first-order valence-electron chi connectivity index (χ1n) is 13.0. The summed E-state index contributed by atoms with van der Waals surface area (Å²) in [5.74, 6) is -0.0286. The quantitative estimate of drug-likeness (QED) is 0.397. The largest absolute Gasteiger partial charge is 0.324 e. The molecule has 3 aromatic rings. The summed E-state index contributed by atoms with van der Waals surface area (Å²) in [5, 5.41) is 6.64. The van der Waals surface area contributed by atoms with Gasteiger partial charge in [-0.2, -0.15) is 0 Å². The van der Waals surface area contributed by atoms with Crippen LogP contribution in [0, 0.1) is 0 Å². The minimum absolute atomic E-state index is 0.0331. The van der Waals surface area contributed by atoms with E-state index < -0.39 is 9.84 Å². The predicted molar refractivity (Wildman–Crippen MR) is 150 cm³/mol. The molecule has 2 atom stereocenters. The number of nitrogens with zero attached hydrogens (tertiary/aromatic N) is 1. The molecular weight excluding hydrogens is 482 g/mol. The Morgan fingerprint density at radius 1 is 0.838 bits per heavy atom. The first-order valence-corrected chi connectivity index (χ1v) is 14.9. The van der Waals surface area contributed by atoms with Crippen LogP contribution in [0.1, 0.15) is 36.1 Å². The molecule has 37 heavy (non-hydrogen) atoms.